The number of rotatable bonds is 7. The van der Waals surface area contributed by atoms with Crippen LogP contribution in [0.25, 0.3) is 0 Å². The normalized spacial score (nSPS) is 15.5. The van der Waals surface area contributed by atoms with E-state index in [1.165, 1.54) is 24.3 Å². The number of carbonyl (C=O) groups is 2. The molecule has 2 amide bonds. The van der Waals surface area contributed by atoms with Gasteiger partial charge in [-0.15, -0.1) is 0 Å². The highest BCUT2D eigenvalue weighted by molar-refractivity contribution is 6.39. The van der Waals surface area contributed by atoms with Crippen molar-refractivity contribution in [3.05, 3.63) is 64.2 Å². The molecule has 3 rings (SSSR count). The maximum atomic E-state index is 12.5. The van der Waals surface area contributed by atoms with E-state index >= 15 is 0 Å². The Morgan fingerprint density at radius 3 is 2.33 bits per heavy atom. The number of amides is 2. The summed E-state index contributed by atoms with van der Waals surface area (Å²) in [6, 6.07) is 13.6. The predicted octanol–water partition coefficient (Wildman–Crippen LogP) is 1.70. The van der Waals surface area contributed by atoms with Crippen LogP contribution in [-0.4, -0.2) is 80.4 Å². The van der Waals surface area contributed by atoms with E-state index < -0.39 is 16.7 Å². The Hall–Kier alpha value is -3.50. The van der Waals surface area contributed by atoms with Gasteiger partial charge >= 0.3 is 11.8 Å². The number of hydrogen-bond donors (Lipinski definition) is 2. The molecular weight excluding hydrogens is 424 g/mol. The number of anilines is 2. The van der Waals surface area contributed by atoms with Crippen molar-refractivity contribution in [2.45, 2.75) is 6.04 Å². The number of benzene rings is 2. The van der Waals surface area contributed by atoms with Crippen molar-refractivity contribution in [1.29, 1.82) is 0 Å². The minimum absolute atomic E-state index is 0.0792. The van der Waals surface area contributed by atoms with Crippen LogP contribution in [0, 0.1) is 10.1 Å². The van der Waals surface area contributed by atoms with Gasteiger partial charge < -0.3 is 20.4 Å². The third kappa shape index (κ3) is 6.50. The second kappa shape index (κ2) is 10.9. The number of hydrogen-bond acceptors (Lipinski definition) is 7. The van der Waals surface area contributed by atoms with E-state index in [9.17, 15) is 19.7 Å². The summed E-state index contributed by atoms with van der Waals surface area (Å²) in [6.07, 6.45) is 0. The summed E-state index contributed by atoms with van der Waals surface area (Å²) in [5.74, 6) is -1.65. The second-order valence-electron chi connectivity index (χ2n) is 8.31. The Balaban J connectivity index is 1.67. The first kappa shape index (κ1) is 24.1. The number of carbonyl (C=O) groups excluding carboxylic acids is 2. The van der Waals surface area contributed by atoms with Crippen molar-refractivity contribution in [1.82, 2.24) is 15.1 Å². The average molecular weight is 455 g/mol. The number of nitro groups is 1. The maximum Gasteiger partial charge on any atom is 0.313 e. The van der Waals surface area contributed by atoms with E-state index in [-0.39, 0.29) is 24.0 Å². The molecule has 0 radical (unpaired) electrons. The molecule has 10 heteroatoms. The third-order valence-corrected chi connectivity index (χ3v) is 5.75. The molecular formula is C23H30N6O4. The lowest BCUT2D eigenvalue weighted by molar-refractivity contribution is -0.384. The van der Waals surface area contributed by atoms with Crippen molar-refractivity contribution in [2.24, 2.45) is 0 Å². The summed E-state index contributed by atoms with van der Waals surface area (Å²) in [6.45, 7) is 3.83. The van der Waals surface area contributed by atoms with Gasteiger partial charge in [-0.1, -0.05) is 18.2 Å². The molecule has 1 atom stereocenters. The average Bonchev–Trinajstić information content (AvgIpc) is 2.80. The van der Waals surface area contributed by atoms with Gasteiger partial charge in [0.25, 0.3) is 5.69 Å². The second-order valence-corrected chi connectivity index (χ2v) is 8.31. The van der Waals surface area contributed by atoms with Gasteiger partial charge in [0, 0.05) is 70.3 Å². The topological polar surface area (TPSA) is 111 Å². The molecule has 10 nitrogen and oxygen atoms in total. The molecule has 0 unspecified atom stereocenters. The van der Waals surface area contributed by atoms with Crippen LogP contribution in [-0.2, 0) is 9.59 Å². The van der Waals surface area contributed by atoms with E-state index in [2.05, 4.69) is 27.5 Å². The lowest BCUT2D eigenvalue weighted by Gasteiger charge is -2.38. The fourth-order valence-electron chi connectivity index (χ4n) is 3.74. The minimum Gasteiger partial charge on any atom is -0.378 e. The highest BCUT2D eigenvalue weighted by Crippen LogP contribution is 2.24. The molecule has 2 N–H and O–H groups in total. The number of nitrogens with zero attached hydrogens (tertiary/aromatic N) is 4. The lowest BCUT2D eigenvalue weighted by atomic mass is 10.0. The summed E-state index contributed by atoms with van der Waals surface area (Å²) in [4.78, 5) is 41.8. The molecule has 33 heavy (non-hydrogen) atoms. The zero-order valence-electron chi connectivity index (χ0n) is 19.2. The summed E-state index contributed by atoms with van der Waals surface area (Å²) in [5.41, 5.74) is 2.17. The van der Waals surface area contributed by atoms with E-state index in [1.54, 1.807) is 0 Å². The van der Waals surface area contributed by atoms with Gasteiger partial charge in [-0.3, -0.25) is 24.6 Å². The van der Waals surface area contributed by atoms with Crippen LogP contribution in [0.4, 0.5) is 17.1 Å². The van der Waals surface area contributed by atoms with Crippen molar-refractivity contribution in [3.63, 3.8) is 0 Å². The molecule has 0 saturated carbocycles. The molecule has 0 aromatic heterocycles. The Morgan fingerprint density at radius 2 is 1.73 bits per heavy atom. The van der Waals surface area contributed by atoms with Gasteiger partial charge in [-0.25, -0.2) is 0 Å². The molecule has 1 saturated heterocycles. The first-order chi connectivity index (χ1) is 15.7. The number of nitrogens with one attached hydrogen (secondary N) is 2. The highest BCUT2D eigenvalue weighted by atomic mass is 16.6. The quantitative estimate of drug-likeness (QED) is 0.372. The van der Waals surface area contributed by atoms with E-state index in [4.69, 9.17) is 0 Å². The Kier molecular flexibility index (Phi) is 7.96. The van der Waals surface area contributed by atoms with Crippen molar-refractivity contribution >= 4 is 28.9 Å². The zero-order chi connectivity index (χ0) is 24.0. The molecule has 176 valence electrons. The number of piperazine rings is 1. The first-order valence-electron chi connectivity index (χ1n) is 10.8. The summed E-state index contributed by atoms with van der Waals surface area (Å²) in [7, 11) is 6.04. The van der Waals surface area contributed by atoms with Crippen LogP contribution in [0.3, 0.4) is 0 Å². The molecule has 0 spiro atoms. The van der Waals surface area contributed by atoms with Gasteiger partial charge in [0.1, 0.15) is 0 Å². The maximum absolute atomic E-state index is 12.5. The molecule has 2 aromatic rings. The molecule has 1 fully saturated rings. The van der Waals surface area contributed by atoms with Gasteiger partial charge in [0.05, 0.1) is 11.0 Å². The van der Waals surface area contributed by atoms with Gasteiger partial charge in [-0.2, -0.15) is 0 Å². The van der Waals surface area contributed by atoms with Crippen LogP contribution in [0.2, 0.25) is 0 Å². The zero-order valence-corrected chi connectivity index (χ0v) is 19.2. The van der Waals surface area contributed by atoms with Crippen LogP contribution in [0.15, 0.2) is 48.5 Å². The van der Waals surface area contributed by atoms with Crippen LogP contribution in [0.5, 0.6) is 0 Å². The smallest absolute Gasteiger partial charge is 0.313 e. The fourth-order valence-corrected chi connectivity index (χ4v) is 3.74. The highest BCUT2D eigenvalue weighted by Gasteiger charge is 2.25. The first-order valence-corrected chi connectivity index (χ1v) is 10.8. The SMILES string of the molecule is CN1CCN([C@@H](CNC(=O)C(=O)Nc2cccc([N+](=O)[O-])c2)c2ccc(N(C)C)cc2)CC1. The largest absolute Gasteiger partial charge is 0.378 e. The van der Waals surface area contributed by atoms with Crippen LogP contribution < -0.4 is 15.5 Å². The number of likely N-dealkylation sites (N-methyl/N-ethyl adjacent to an activating group) is 1. The van der Waals surface area contributed by atoms with Crippen molar-refractivity contribution in [3.8, 4) is 0 Å². The summed E-state index contributed by atoms with van der Waals surface area (Å²) in [5, 5.41) is 16.1. The Morgan fingerprint density at radius 1 is 1.06 bits per heavy atom. The summed E-state index contributed by atoms with van der Waals surface area (Å²) >= 11 is 0. The standard InChI is InChI=1S/C23H30N6O4/c1-26(2)19-9-7-17(8-10-19)21(28-13-11-27(3)12-14-28)16-24-22(30)23(31)25-18-5-4-6-20(15-18)29(32)33/h4-10,15,21H,11-14,16H2,1-3H3,(H,24,30)(H,25,31)/t21-/m0/s1. The molecule has 1 heterocycles. The van der Waals surface area contributed by atoms with E-state index in [0.29, 0.717) is 0 Å². The molecule has 1 aliphatic rings. The molecule has 0 aliphatic carbocycles. The lowest BCUT2D eigenvalue weighted by Crippen LogP contribution is -2.49. The van der Waals surface area contributed by atoms with Crippen LogP contribution in [0.1, 0.15) is 11.6 Å². The Labute approximate surface area is 193 Å². The summed E-state index contributed by atoms with van der Waals surface area (Å²) < 4.78 is 0. The molecule has 2 aromatic carbocycles. The molecule has 0 bridgehead atoms. The van der Waals surface area contributed by atoms with Crippen LogP contribution >= 0.6 is 0 Å². The third-order valence-electron chi connectivity index (χ3n) is 5.75. The van der Waals surface area contributed by atoms with Gasteiger partial charge in [0.15, 0.2) is 0 Å². The van der Waals surface area contributed by atoms with E-state index in [0.717, 1.165) is 37.4 Å². The molecule has 1 aliphatic heterocycles. The minimum atomic E-state index is -0.865. The monoisotopic (exact) mass is 454 g/mol. The fraction of sp³-hybridized carbons (Fsp3) is 0.391. The van der Waals surface area contributed by atoms with E-state index in [1.807, 2.05) is 43.3 Å². The van der Waals surface area contributed by atoms with Crippen molar-refractivity contribution < 1.29 is 14.5 Å². The number of nitro benzene ring substituents is 1. The van der Waals surface area contributed by atoms with Gasteiger partial charge in [0.2, 0.25) is 0 Å². The predicted molar refractivity (Wildman–Crippen MR) is 127 cm³/mol. The number of non-ortho nitro benzene ring substituents is 1. The Bertz CT molecular complexity index is 987. The van der Waals surface area contributed by atoms with Gasteiger partial charge in [-0.05, 0) is 30.8 Å². The van der Waals surface area contributed by atoms with Crippen molar-refractivity contribution in [2.75, 3.05) is 64.1 Å².